The molecule has 2 amide bonds. The van der Waals surface area contributed by atoms with E-state index in [0.29, 0.717) is 11.6 Å². The molecule has 4 aromatic rings. The Kier molecular flexibility index (Phi) is 5.46. The summed E-state index contributed by atoms with van der Waals surface area (Å²) < 4.78 is 2.18. The van der Waals surface area contributed by atoms with Crippen molar-refractivity contribution in [2.24, 2.45) is 0 Å². The van der Waals surface area contributed by atoms with Gasteiger partial charge in [-0.25, -0.2) is 4.79 Å². The molecule has 0 saturated carbocycles. The number of halogens is 1. The minimum absolute atomic E-state index is 0.140. The quantitative estimate of drug-likeness (QED) is 0.371. The van der Waals surface area contributed by atoms with Crippen molar-refractivity contribution < 1.29 is 4.79 Å². The first kappa shape index (κ1) is 20.4. The molecular weight excluding hydrogens is 418 g/mol. The lowest BCUT2D eigenvalue weighted by Gasteiger charge is -2.31. The van der Waals surface area contributed by atoms with Gasteiger partial charge in [-0.15, -0.1) is 0 Å². The van der Waals surface area contributed by atoms with Gasteiger partial charge < -0.3 is 14.8 Å². The van der Waals surface area contributed by atoms with Crippen LogP contribution in [0.3, 0.4) is 0 Å². The zero-order valence-corrected chi connectivity index (χ0v) is 18.6. The van der Waals surface area contributed by atoms with E-state index in [0.717, 1.165) is 34.6 Å². The Labute approximate surface area is 193 Å². The summed E-state index contributed by atoms with van der Waals surface area (Å²) in [6.45, 7) is 2.61. The Hall–Kier alpha value is -3.50. The number of carbonyl (C=O) groups is 1. The molecule has 1 aromatic heterocycles. The molecule has 0 aliphatic carbocycles. The summed E-state index contributed by atoms with van der Waals surface area (Å²) in [4.78, 5) is 15.5. The van der Waals surface area contributed by atoms with Gasteiger partial charge in [-0.3, -0.25) is 0 Å². The van der Waals surface area contributed by atoms with Crippen molar-refractivity contribution in [1.29, 1.82) is 0 Å². The van der Waals surface area contributed by atoms with Crippen LogP contribution in [-0.2, 0) is 13.0 Å². The third-order valence-electron chi connectivity index (χ3n) is 6.02. The van der Waals surface area contributed by atoms with E-state index in [1.54, 1.807) is 0 Å². The van der Waals surface area contributed by atoms with Gasteiger partial charge in [0.25, 0.3) is 0 Å². The van der Waals surface area contributed by atoms with Crippen molar-refractivity contribution in [2.75, 3.05) is 5.32 Å². The third kappa shape index (κ3) is 3.78. The number of aryl methyl sites for hydroxylation is 1. The maximum absolute atomic E-state index is 13.6. The van der Waals surface area contributed by atoms with Gasteiger partial charge in [0.1, 0.15) is 0 Å². The van der Waals surface area contributed by atoms with Gasteiger partial charge >= 0.3 is 6.03 Å². The van der Waals surface area contributed by atoms with Crippen LogP contribution in [0.5, 0.6) is 0 Å². The summed E-state index contributed by atoms with van der Waals surface area (Å²) in [5.41, 5.74) is 6.26. The molecule has 3 aromatic carbocycles. The molecular formula is C27H24ClN3O. The fourth-order valence-electron chi connectivity index (χ4n) is 4.35. The van der Waals surface area contributed by atoms with Crippen molar-refractivity contribution in [3.63, 3.8) is 0 Å². The first-order valence-corrected chi connectivity index (χ1v) is 11.2. The van der Waals surface area contributed by atoms with Crippen LogP contribution in [0.15, 0.2) is 91.1 Å². The first-order valence-electron chi connectivity index (χ1n) is 10.8. The topological polar surface area (TPSA) is 37.3 Å². The van der Waals surface area contributed by atoms with E-state index in [2.05, 4.69) is 53.3 Å². The molecule has 5 heteroatoms. The van der Waals surface area contributed by atoms with Crippen molar-refractivity contribution in [3.05, 3.63) is 119 Å². The average Bonchev–Trinajstić information content (AvgIpc) is 3.25. The van der Waals surface area contributed by atoms with Crippen LogP contribution in [0.4, 0.5) is 10.5 Å². The molecule has 4 nitrogen and oxygen atoms in total. The van der Waals surface area contributed by atoms with Gasteiger partial charge in [0, 0.05) is 22.6 Å². The van der Waals surface area contributed by atoms with Crippen molar-refractivity contribution in [1.82, 2.24) is 9.47 Å². The Bertz CT molecular complexity index is 1240. The van der Waals surface area contributed by atoms with Crippen molar-refractivity contribution in [3.8, 4) is 5.69 Å². The molecule has 5 rings (SSSR count). The second-order valence-electron chi connectivity index (χ2n) is 7.99. The fraction of sp³-hybridized carbons (Fsp3) is 0.148. The molecule has 32 heavy (non-hydrogen) atoms. The molecule has 1 aliphatic rings. The van der Waals surface area contributed by atoms with Crippen LogP contribution >= 0.6 is 11.6 Å². The van der Waals surface area contributed by atoms with Crippen LogP contribution in [0, 0.1) is 0 Å². The smallest absolute Gasteiger partial charge is 0.318 e. The summed E-state index contributed by atoms with van der Waals surface area (Å²) in [5, 5.41) is 3.78. The predicted molar refractivity (Wildman–Crippen MR) is 129 cm³/mol. The van der Waals surface area contributed by atoms with Crippen LogP contribution in [0.2, 0.25) is 5.02 Å². The summed E-state index contributed by atoms with van der Waals surface area (Å²) in [7, 11) is 0. The summed E-state index contributed by atoms with van der Waals surface area (Å²) in [5.74, 6) is 0. The largest absolute Gasteiger partial charge is 0.322 e. The molecule has 0 saturated heterocycles. The number of amides is 2. The van der Waals surface area contributed by atoms with E-state index < -0.39 is 0 Å². The molecule has 0 radical (unpaired) electrons. The lowest BCUT2D eigenvalue weighted by atomic mass is 10.0. The SMILES string of the molecule is CCc1ccc(NC(=O)N2Cc3ccccc3-n3cccc3[C@@H]2c2ccc(Cl)cc2)cc1. The molecule has 160 valence electrons. The minimum atomic E-state index is -0.260. The van der Waals surface area contributed by atoms with Gasteiger partial charge in [0.05, 0.1) is 18.3 Å². The highest BCUT2D eigenvalue weighted by atomic mass is 35.5. The number of para-hydroxylation sites is 1. The highest BCUT2D eigenvalue weighted by molar-refractivity contribution is 6.30. The molecule has 0 unspecified atom stereocenters. The van der Waals surface area contributed by atoms with E-state index in [9.17, 15) is 4.79 Å². The van der Waals surface area contributed by atoms with Gasteiger partial charge in [0.2, 0.25) is 0 Å². The summed E-state index contributed by atoms with van der Waals surface area (Å²) >= 11 is 6.17. The Morgan fingerprint density at radius 1 is 0.969 bits per heavy atom. The molecule has 0 fully saturated rings. The second kappa shape index (κ2) is 8.56. The van der Waals surface area contributed by atoms with E-state index in [-0.39, 0.29) is 12.1 Å². The number of nitrogens with one attached hydrogen (secondary N) is 1. The molecule has 2 heterocycles. The Morgan fingerprint density at radius 3 is 2.47 bits per heavy atom. The zero-order chi connectivity index (χ0) is 22.1. The molecule has 0 bridgehead atoms. The first-order chi connectivity index (χ1) is 15.6. The van der Waals surface area contributed by atoms with Crippen molar-refractivity contribution in [2.45, 2.75) is 25.9 Å². The van der Waals surface area contributed by atoms with E-state index in [4.69, 9.17) is 11.6 Å². The number of anilines is 1. The number of rotatable bonds is 3. The Morgan fingerprint density at radius 2 is 1.72 bits per heavy atom. The summed E-state index contributed by atoms with van der Waals surface area (Å²) in [6.07, 6.45) is 3.02. The van der Waals surface area contributed by atoms with Gasteiger partial charge in [-0.1, -0.05) is 61.0 Å². The highest BCUT2D eigenvalue weighted by Crippen LogP contribution is 2.37. The average molecular weight is 442 g/mol. The third-order valence-corrected chi connectivity index (χ3v) is 6.28. The number of urea groups is 1. The lowest BCUT2D eigenvalue weighted by Crippen LogP contribution is -2.37. The molecule has 0 spiro atoms. The maximum atomic E-state index is 13.6. The predicted octanol–water partition coefficient (Wildman–Crippen LogP) is 6.83. The van der Waals surface area contributed by atoms with Crippen LogP contribution in [-0.4, -0.2) is 15.5 Å². The molecule has 1 aliphatic heterocycles. The van der Waals surface area contributed by atoms with Crippen LogP contribution in [0.1, 0.15) is 35.3 Å². The van der Waals surface area contributed by atoms with Gasteiger partial charge in [-0.2, -0.15) is 0 Å². The molecule has 1 N–H and O–H groups in total. The monoisotopic (exact) mass is 441 g/mol. The number of nitrogens with zero attached hydrogens (tertiary/aromatic N) is 2. The normalized spacial score (nSPS) is 14.9. The lowest BCUT2D eigenvalue weighted by molar-refractivity contribution is 0.194. The standard InChI is InChI=1S/C27H24ClN3O/c1-2-19-9-15-23(16-10-19)29-27(32)31-18-21-6-3-4-7-24(21)30-17-5-8-25(30)26(31)20-11-13-22(28)14-12-20/h3-17,26H,2,18H2,1H3,(H,29,32)/t26-/m0/s1. The van der Waals surface area contributed by atoms with E-state index in [1.807, 2.05) is 59.5 Å². The molecule has 1 atom stereocenters. The highest BCUT2D eigenvalue weighted by Gasteiger charge is 2.32. The van der Waals surface area contributed by atoms with Gasteiger partial charge in [0.15, 0.2) is 0 Å². The summed E-state index contributed by atoms with van der Waals surface area (Å²) in [6, 6.07) is 27.7. The number of hydrogen-bond donors (Lipinski definition) is 1. The van der Waals surface area contributed by atoms with Crippen LogP contribution in [0.25, 0.3) is 5.69 Å². The number of hydrogen-bond acceptors (Lipinski definition) is 1. The van der Waals surface area contributed by atoms with Gasteiger partial charge in [-0.05, 0) is 65.6 Å². The van der Waals surface area contributed by atoms with E-state index >= 15 is 0 Å². The van der Waals surface area contributed by atoms with Crippen molar-refractivity contribution >= 4 is 23.3 Å². The number of carbonyl (C=O) groups excluding carboxylic acids is 1. The number of benzene rings is 3. The fourth-order valence-corrected chi connectivity index (χ4v) is 4.48. The Balaban J connectivity index is 1.59. The maximum Gasteiger partial charge on any atom is 0.322 e. The minimum Gasteiger partial charge on any atom is -0.318 e. The zero-order valence-electron chi connectivity index (χ0n) is 17.8. The van der Waals surface area contributed by atoms with E-state index in [1.165, 1.54) is 5.56 Å². The van der Waals surface area contributed by atoms with Crippen LogP contribution < -0.4 is 5.32 Å². The second-order valence-corrected chi connectivity index (χ2v) is 8.43. The number of aromatic nitrogens is 1. The number of fused-ring (bicyclic) bond motifs is 3.